The van der Waals surface area contributed by atoms with Crippen LogP contribution in [0.15, 0.2) is 42.5 Å². The summed E-state index contributed by atoms with van der Waals surface area (Å²) in [5.74, 6) is -0.471. The van der Waals surface area contributed by atoms with E-state index in [4.69, 9.17) is 4.74 Å². The van der Waals surface area contributed by atoms with Crippen molar-refractivity contribution in [2.75, 3.05) is 30.8 Å². The average Bonchev–Trinajstić information content (AvgIpc) is 2.75. The van der Waals surface area contributed by atoms with Gasteiger partial charge < -0.3 is 15.0 Å². The van der Waals surface area contributed by atoms with Crippen molar-refractivity contribution in [2.24, 2.45) is 0 Å². The van der Waals surface area contributed by atoms with Gasteiger partial charge in [-0.1, -0.05) is 35.9 Å². The third kappa shape index (κ3) is 6.95. The van der Waals surface area contributed by atoms with Crippen molar-refractivity contribution < 1.29 is 22.7 Å². The molecule has 1 N–H and O–H groups in total. The predicted molar refractivity (Wildman–Crippen MR) is 130 cm³/mol. The lowest BCUT2D eigenvalue weighted by atomic mass is 10.1. The van der Waals surface area contributed by atoms with Crippen molar-refractivity contribution in [2.45, 2.75) is 40.3 Å². The minimum atomic E-state index is -3.83. The second-order valence-electron chi connectivity index (χ2n) is 8.02. The maximum atomic E-state index is 13.5. The monoisotopic (exact) mass is 475 g/mol. The summed E-state index contributed by atoms with van der Waals surface area (Å²) in [4.78, 5) is 27.5. The van der Waals surface area contributed by atoms with Gasteiger partial charge in [0.25, 0.3) is 0 Å². The number of amides is 2. The number of carbonyl (C=O) groups is 2. The lowest BCUT2D eigenvalue weighted by molar-refractivity contribution is -0.139. The van der Waals surface area contributed by atoms with E-state index < -0.39 is 28.5 Å². The molecule has 8 nitrogen and oxygen atoms in total. The van der Waals surface area contributed by atoms with Crippen molar-refractivity contribution in [3.8, 4) is 5.75 Å². The summed E-state index contributed by atoms with van der Waals surface area (Å²) >= 11 is 0. The molecular weight excluding hydrogens is 442 g/mol. The molecule has 0 unspecified atom stereocenters. The van der Waals surface area contributed by atoms with Crippen molar-refractivity contribution >= 4 is 27.5 Å². The molecule has 0 saturated carbocycles. The summed E-state index contributed by atoms with van der Waals surface area (Å²) in [5.41, 5.74) is 3.00. The molecule has 0 aliphatic heterocycles. The van der Waals surface area contributed by atoms with Crippen LogP contribution >= 0.6 is 0 Å². The molecule has 180 valence electrons. The summed E-state index contributed by atoms with van der Waals surface area (Å²) in [6.45, 7) is 7.34. The largest absolute Gasteiger partial charge is 0.495 e. The van der Waals surface area contributed by atoms with Crippen LogP contribution in [0, 0.1) is 13.8 Å². The fraction of sp³-hybridized carbons (Fsp3) is 0.417. The number of rotatable bonds is 10. The molecule has 1 atom stereocenters. The fourth-order valence-electron chi connectivity index (χ4n) is 3.38. The summed E-state index contributed by atoms with van der Waals surface area (Å²) in [6, 6.07) is 11.9. The van der Waals surface area contributed by atoms with Gasteiger partial charge in [-0.15, -0.1) is 0 Å². The molecule has 0 heterocycles. The highest BCUT2D eigenvalue weighted by atomic mass is 32.2. The van der Waals surface area contributed by atoms with E-state index in [1.54, 1.807) is 32.0 Å². The number of methoxy groups -OCH3 is 1. The molecule has 2 amide bonds. The number of likely N-dealkylation sites (N-methyl/N-ethyl adjacent to an activating group) is 1. The van der Waals surface area contributed by atoms with Gasteiger partial charge >= 0.3 is 0 Å². The molecular formula is C24H33N3O5S. The lowest BCUT2D eigenvalue weighted by Crippen LogP contribution is -2.51. The van der Waals surface area contributed by atoms with Crippen molar-refractivity contribution in [1.82, 2.24) is 10.2 Å². The van der Waals surface area contributed by atoms with Crippen molar-refractivity contribution in [1.29, 1.82) is 0 Å². The van der Waals surface area contributed by atoms with E-state index >= 15 is 0 Å². The number of anilines is 1. The lowest BCUT2D eigenvalue weighted by Gasteiger charge is -2.32. The quantitative estimate of drug-likeness (QED) is 0.570. The van der Waals surface area contributed by atoms with Crippen LogP contribution < -0.4 is 14.4 Å². The topological polar surface area (TPSA) is 96.0 Å². The molecule has 0 radical (unpaired) electrons. The van der Waals surface area contributed by atoms with Crippen LogP contribution in [0.4, 0.5) is 5.69 Å². The summed E-state index contributed by atoms with van der Waals surface area (Å²) < 4.78 is 31.8. The highest BCUT2D eigenvalue weighted by Gasteiger charge is 2.31. The number of hydrogen-bond acceptors (Lipinski definition) is 5. The maximum Gasteiger partial charge on any atom is 0.244 e. The van der Waals surface area contributed by atoms with Crippen LogP contribution in [0.2, 0.25) is 0 Å². The fourth-order valence-corrected chi connectivity index (χ4v) is 4.23. The zero-order valence-electron chi connectivity index (χ0n) is 20.1. The number of nitrogens with one attached hydrogen (secondary N) is 1. The number of carbonyl (C=O) groups excluding carboxylic acids is 2. The number of aryl methyl sites for hydroxylation is 2. The molecule has 0 spiro atoms. The standard InChI is InChI=1S/C24H33N3O5S/c1-7-25-24(29)19(4)26(15-20-11-8-17(2)9-12-20)23(28)16-27(33(6,30)31)21-14-18(3)10-13-22(21)32-5/h8-14,19H,7,15-16H2,1-6H3,(H,25,29)/t19-/m0/s1. The summed E-state index contributed by atoms with van der Waals surface area (Å²) in [7, 11) is -2.38. The van der Waals surface area contributed by atoms with Crippen molar-refractivity contribution in [3.05, 3.63) is 59.2 Å². The van der Waals surface area contributed by atoms with Gasteiger partial charge in [0.05, 0.1) is 19.1 Å². The predicted octanol–water partition coefficient (Wildman–Crippen LogP) is 2.63. The SMILES string of the molecule is CCNC(=O)[C@H](C)N(Cc1ccc(C)cc1)C(=O)CN(c1cc(C)ccc1OC)S(C)(=O)=O. The van der Waals surface area contributed by atoms with E-state index in [0.717, 1.165) is 27.3 Å². The van der Waals surface area contributed by atoms with Gasteiger partial charge in [-0.25, -0.2) is 8.42 Å². The van der Waals surface area contributed by atoms with Gasteiger partial charge in [-0.3, -0.25) is 13.9 Å². The van der Waals surface area contributed by atoms with E-state index in [-0.39, 0.29) is 18.1 Å². The Balaban J connectivity index is 2.44. The van der Waals surface area contributed by atoms with Crippen LogP contribution in [0.3, 0.4) is 0 Å². The minimum absolute atomic E-state index is 0.167. The molecule has 33 heavy (non-hydrogen) atoms. The molecule has 0 aliphatic carbocycles. The third-order valence-corrected chi connectivity index (χ3v) is 6.40. The first kappa shape index (κ1) is 26.2. The molecule has 9 heteroatoms. The Hall–Kier alpha value is -3.07. The third-order valence-electron chi connectivity index (χ3n) is 5.27. The molecule has 0 saturated heterocycles. The van der Waals surface area contributed by atoms with Crippen molar-refractivity contribution in [3.63, 3.8) is 0 Å². The van der Waals surface area contributed by atoms with Crippen LogP contribution in [-0.2, 0) is 26.2 Å². The van der Waals surface area contributed by atoms with Crippen LogP contribution in [0.5, 0.6) is 5.75 Å². The molecule has 2 rings (SSSR count). The van der Waals surface area contributed by atoms with Gasteiger partial charge in [0.15, 0.2) is 0 Å². The average molecular weight is 476 g/mol. The number of benzene rings is 2. The number of hydrogen-bond donors (Lipinski definition) is 1. The van der Waals surface area contributed by atoms with Crippen LogP contribution in [-0.4, -0.2) is 57.6 Å². The molecule has 0 bridgehead atoms. The number of ether oxygens (including phenoxy) is 1. The highest BCUT2D eigenvalue weighted by Crippen LogP contribution is 2.31. The second kappa shape index (κ2) is 11.2. The summed E-state index contributed by atoms with van der Waals surface area (Å²) in [5, 5.41) is 2.73. The van der Waals surface area contributed by atoms with Crippen LogP contribution in [0.25, 0.3) is 0 Å². The Morgan fingerprint density at radius 2 is 1.67 bits per heavy atom. The van der Waals surface area contributed by atoms with E-state index in [1.807, 2.05) is 38.1 Å². The van der Waals surface area contributed by atoms with E-state index in [0.29, 0.717) is 12.3 Å². The normalized spacial score (nSPS) is 12.1. The first-order valence-electron chi connectivity index (χ1n) is 10.7. The maximum absolute atomic E-state index is 13.5. The highest BCUT2D eigenvalue weighted by molar-refractivity contribution is 7.92. The first-order valence-corrected chi connectivity index (χ1v) is 12.6. The second-order valence-corrected chi connectivity index (χ2v) is 9.93. The number of sulfonamides is 1. The van der Waals surface area contributed by atoms with Crippen LogP contribution in [0.1, 0.15) is 30.5 Å². The molecule has 0 fully saturated rings. The molecule has 2 aromatic carbocycles. The molecule has 2 aromatic rings. The Kier molecular flexibility index (Phi) is 8.87. The van der Waals surface area contributed by atoms with Gasteiger partial charge in [-0.05, 0) is 51.0 Å². The van der Waals surface area contributed by atoms with E-state index in [2.05, 4.69) is 5.32 Å². The minimum Gasteiger partial charge on any atom is -0.495 e. The van der Waals surface area contributed by atoms with E-state index in [1.165, 1.54) is 12.0 Å². The zero-order chi connectivity index (χ0) is 24.8. The smallest absolute Gasteiger partial charge is 0.244 e. The van der Waals surface area contributed by atoms with E-state index in [9.17, 15) is 18.0 Å². The zero-order valence-corrected chi connectivity index (χ0v) is 20.9. The Labute approximate surface area is 196 Å². The van der Waals surface area contributed by atoms with Gasteiger partial charge in [0.1, 0.15) is 18.3 Å². The Bertz CT molecular complexity index is 1080. The molecule has 0 aliphatic rings. The van der Waals surface area contributed by atoms with Gasteiger partial charge in [0.2, 0.25) is 21.8 Å². The molecule has 0 aromatic heterocycles. The Morgan fingerprint density at radius 1 is 1.06 bits per heavy atom. The van der Waals surface area contributed by atoms with Gasteiger partial charge in [-0.2, -0.15) is 0 Å². The number of nitrogens with zero attached hydrogens (tertiary/aromatic N) is 2. The van der Waals surface area contributed by atoms with Gasteiger partial charge in [0, 0.05) is 13.1 Å². The Morgan fingerprint density at radius 3 is 2.21 bits per heavy atom. The first-order chi connectivity index (χ1) is 15.5. The summed E-state index contributed by atoms with van der Waals surface area (Å²) in [6.07, 6.45) is 1.04.